The number of carbonyl (C=O) groups excluding carboxylic acids is 4. The van der Waals surface area contributed by atoms with Crippen molar-refractivity contribution in [1.29, 1.82) is 0 Å². The molecule has 11 heteroatoms. The van der Waals surface area contributed by atoms with E-state index in [1.807, 2.05) is 0 Å². The fraction of sp³-hybridized carbons (Fsp3) is 0.156. The molecule has 5 rings (SSSR count). The van der Waals surface area contributed by atoms with Crippen LogP contribution in [0.5, 0.6) is 0 Å². The van der Waals surface area contributed by atoms with Crippen molar-refractivity contribution < 1.29 is 38.1 Å². The number of hydrogen-bond donors (Lipinski definition) is 1. The molecule has 2 heterocycles. The second-order valence-electron chi connectivity index (χ2n) is 9.53. The number of carbonyl (C=O) groups is 4. The Balaban J connectivity index is 1.53. The molecule has 2 N–H and O–H groups in total. The number of hydrogen-bond acceptors (Lipinski definition) is 9. The van der Waals surface area contributed by atoms with E-state index < -0.39 is 60.5 Å². The SMILES string of the molecule is NC(=O)c1ccc(=O)n([C@@H]2O[C@@H](COC(=O)c3ccccc3)[C@H](OC(=O)c3ccccc3)[C@@H]2OC(=O)c2ccccc2)c1. The summed E-state index contributed by atoms with van der Waals surface area (Å²) in [5, 5.41) is 0. The minimum atomic E-state index is -1.42. The molecule has 0 saturated carbocycles. The number of nitrogens with two attached hydrogens (primary N) is 1. The van der Waals surface area contributed by atoms with Gasteiger partial charge in [0.1, 0.15) is 12.7 Å². The predicted octanol–water partition coefficient (Wildman–Crippen LogP) is 3.15. The highest BCUT2D eigenvalue weighted by atomic mass is 16.7. The largest absolute Gasteiger partial charge is 0.459 e. The van der Waals surface area contributed by atoms with Gasteiger partial charge in [-0.15, -0.1) is 0 Å². The molecule has 4 atom stereocenters. The van der Waals surface area contributed by atoms with Crippen LogP contribution in [-0.2, 0) is 18.9 Å². The fourth-order valence-electron chi connectivity index (χ4n) is 4.53. The molecule has 1 aromatic heterocycles. The summed E-state index contributed by atoms with van der Waals surface area (Å²) in [5.41, 5.74) is 5.46. The summed E-state index contributed by atoms with van der Waals surface area (Å²) in [4.78, 5) is 64.1. The average molecular weight is 583 g/mol. The van der Waals surface area contributed by atoms with Gasteiger partial charge < -0.3 is 24.7 Å². The minimum absolute atomic E-state index is 0.0203. The van der Waals surface area contributed by atoms with Gasteiger partial charge in [0.2, 0.25) is 5.91 Å². The molecule has 218 valence electrons. The first kappa shape index (κ1) is 29.0. The Labute approximate surface area is 245 Å². The number of pyridine rings is 1. The summed E-state index contributed by atoms with van der Waals surface area (Å²) in [6, 6.07) is 26.7. The zero-order valence-electron chi connectivity index (χ0n) is 22.6. The molecule has 0 spiro atoms. The lowest BCUT2D eigenvalue weighted by Gasteiger charge is -2.25. The fourth-order valence-corrected chi connectivity index (χ4v) is 4.53. The van der Waals surface area contributed by atoms with Crippen LogP contribution >= 0.6 is 0 Å². The van der Waals surface area contributed by atoms with Crippen molar-refractivity contribution in [2.24, 2.45) is 5.73 Å². The Morgan fingerprint density at radius 2 is 1.14 bits per heavy atom. The Morgan fingerprint density at radius 1 is 0.651 bits per heavy atom. The van der Waals surface area contributed by atoms with Gasteiger partial charge in [-0.3, -0.25) is 14.2 Å². The molecule has 1 amide bonds. The van der Waals surface area contributed by atoms with Gasteiger partial charge in [0.25, 0.3) is 5.56 Å². The minimum Gasteiger partial charge on any atom is -0.459 e. The highest BCUT2D eigenvalue weighted by Gasteiger charge is 2.51. The maximum Gasteiger partial charge on any atom is 0.338 e. The lowest BCUT2D eigenvalue weighted by atomic mass is 10.1. The predicted molar refractivity (Wildman–Crippen MR) is 151 cm³/mol. The van der Waals surface area contributed by atoms with E-state index in [2.05, 4.69) is 0 Å². The van der Waals surface area contributed by atoms with E-state index in [-0.39, 0.29) is 22.3 Å². The van der Waals surface area contributed by atoms with Crippen molar-refractivity contribution in [2.75, 3.05) is 6.61 Å². The van der Waals surface area contributed by atoms with Gasteiger partial charge in [-0.2, -0.15) is 0 Å². The van der Waals surface area contributed by atoms with E-state index in [0.29, 0.717) is 0 Å². The van der Waals surface area contributed by atoms with Crippen molar-refractivity contribution in [3.63, 3.8) is 0 Å². The number of benzene rings is 3. The van der Waals surface area contributed by atoms with Crippen molar-refractivity contribution in [1.82, 2.24) is 4.57 Å². The monoisotopic (exact) mass is 582 g/mol. The maximum atomic E-state index is 13.2. The number of nitrogens with zero attached hydrogens (tertiary/aromatic N) is 1. The van der Waals surface area contributed by atoms with Crippen LogP contribution in [0.15, 0.2) is 114 Å². The summed E-state index contributed by atoms with van der Waals surface area (Å²) in [6.45, 7) is -0.430. The van der Waals surface area contributed by atoms with E-state index in [1.165, 1.54) is 30.3 Å². The lowest BCUT2D eigenvalue weighted by molar-refractivity contribution is -0.0635. The third-order valence-electron chi connectivity index (χ3n) is 6.68. The van der Waals surface area contributed by atoms with Crippen molar-refractivity contribution in [3.05, 3.63) is 142 Å². The standard InChI is InChI=1S/C32H26N2O9/c33-28(36)23-16-17-25(35)34(18-23)29-27(43-32(39)22-14-8-3-9-15-22)26(42-31(38)21-12-6-2-7-13-21)24(41-29)19-40-30(37)20-10-4-1-5-11-20/h1-18,24,26-27,29H,19H2,(H2,33,36)/t24-,26-,27-,29+/m0/s1. The van der Waals surface area contributed by atoms with Crippen LogP contribution in [0.3, 0.4) is 0 Å². The normalized spacial score (nSPS) is 19.3. The van der Waals surface area contributed by atoms with Gasteiger partial charge in [-0.1, -0.05) is 54.6 Å². The number of esters is 3. The molecule has 1 saturated heterocycles. The number of amides is 1. The number of primary amides is 1. The molecule has 3 aromatic carbocycles. The molecule has 1 aliphatic heterocycles. The lowest BCUT2D eigenvalue weighted by Crippen LogP contribution is -2.42. The first-order valence-corrected chi connectivity index (χ1v) is 13.2. The zero-order valence-corrected chi connectivity index (χ0v) is 22.6. The van der Waals surface area contributed by atoms with Gasteiger partial charge in [0, 0.05) is 12.3 Å². The second-order valence-corrected chi connectivity index (χ2v) is 9.53. The van der Waals surface area contributed by atoms with Crippen molar-refractivity contribution >= 4 is 23.8 Å². The summed E-state index contributed by atoms with van der Waals surface area (Å²) < 4.78 is 24.3. The summed E-state index contributed by atoms with van der Waals surface area (Å²) in [7, 11) is 0. The van der Waals surface area contributed by atoms with Crippen LogP contribution in [-0.4, -0.2) is 53.3 Å². The molecule has 4 aromatic rings. The molecule has 0 bridgehead atoms. The summed E-state index contributed by atoms with van der Waals surface area (Å²) in [5.74, 6) is -3.05. The first-order chi connectivity index (χ1) is 20.8. The van der Waals surface area contributed by atoms with Gasteiger partial charge in [-0.25, -0.2) is 14.4 Å². The number of ether oxygens (including phenoxy) is 4. The third-order valence-corrected chi connectivity index (χ3v) is 6.68. The van der Waals surface area contributed by atoms with Crippen LogP contribution in [0.25, 0.3) is 0 Å². The summed E-state index contributed by atoms with van der Waals surface area (Å²) >= 11 is 0. The Bertz CT molecular complexity index is 1670. The Morgan fingerprint density at radius 3 is 1.65 bits per heavy atom. The second kappa shape index (κ2) is 13.0. The number of aromatic nitrogens is 1. The molecular formula is C32H26N2O9. The molecular weight excluding hydrogens is 556 g/mol. The maximum absolute atomic E-state index is 13.2. The van der Waals surface area contributed by atoms with Crippen LogP contribution < -0.4 is 11.3 Å². The van der Waals surface area contributed by atoms with Gasteiger partial charge in [0.05, 0.1) is 22.3 Å². The smallest absolute Gasteiger partial charge is 0.338 e. The Kier molecular flexibility index (Phi) is 8.73. The summed E-state index contributed by atoms with van der Waals surface area (Å²) in [6.07, 6.45) is -4.19. The average Bonchev–Trinajstić information content (AvgIpc) is 3.36. The third kappa shape index (κ3) is 6.68. The van der Waals surface area contributed by atoms with Crippen LogP contribution in [0, 0.1) is 0 Å². The van der Waals surface area contributed by atoms with Gasteiger partial charge in [-0.05, 0) is 42.5 Å². The molecule has 11 nitrogen and oxygen atoms in total. The van der Waals surface area contributed by atoms with Crippen LogP contribution in [0.2, 0.25) is 0 Å². The first-order valence-electron chi connectivity index (χ1n) is 13.2. The number of rotatable bonds is 9. The molecule has 0 radical (unpaired) electrons. The highest BCUT2D eigenvalue weighted by molar-refractivity contribution is 5.92. The molecule has 43 heavy (non-hydrogen) atoms. The highest BCUT2D eigenvalue weighted by Crippen LogP contribution is 2.35. The van der Waals surface area contributed by atoms with E-state index in [9.17, 15) is 24.0 Å². The van der Waals surface area contributed by atoms with Gasteiger partial charge >= 0.3 is 17.9 Å². The molecule has 0 aliphatic carbocycles. The van der Waals surface area contributed by atoms with Gasteiger partial charge in [0.15, 0.2) is 18.4 Å². The van der Waals surface area contributed by atoms with Crippen LogP contribution in [0.1, 0.15) is 47.7 Å². The quantitative estimate of drug-likeness (QED) is 0.232. The van der Waals surface area contributed by atoms with E-state index in [4.69, 9.17) is 24.7 Å². The zero-order chi connectivity index (χ0) is 30.3. The van der Waals surface area contributed by atoms with Crippen LogP contribution in [0.4, 0.5) is 0 Å². The molecule has 0 unspecified atom stereocenters. The van der Waals surface area contributed by atoms with E-state index >= 15 is 0 Å². The van der Waals surface area contributed by atoms with Crippen molar-refractivity contribution in [3.8, 4) is 0 Å². The topological polar surface area (TPSA) is 153 Å². The van der Waals surface area contributed by atoms with E-state index in [1.54, 1.807) is 66.7 Å². The molecule has 1 fully saturated rings. The molecule has 1 aliphatic rings. The Hall–Kier alpha value is -5.55. The van der Waals surface area contributed by atoms with E-state index in [0.717, 1.165) is 16.8 Å². The van der Waals surface area contributed by atoms with Crippen molar-refractivity contribution in [2.45, 2.75) is 24.5 Å².